The standard InChI is InChI=1S/C28H26N2O5S/c1-33-20-11-7-17(8-12-20)15-19-5-4-6-22-25(19)29-28-30(27(32)23(36-28)16-24(31)35-3)26(22)18-9-13-21(34-2)14-10-18/h7-16,26H,4-6H2,1-3H3/b19-15+,23-16-/t26-/m1/s1. The number of methoxy groups -OCH3 is 3. The number of allylic oxidation sites excluding steroid dienone is 2. The summed E-state index contributed by atoms with van der Waals surface area (Å²) in [4.78, 5) is 30.9. The molecule has 0 spiro atoms. The summed E-state index contributed by atoms with van der Waals surface area (Å²) in [7, 11) is 4.58. The molecule has 0 saturated carbocycles. The van der Waals surface area contributed by atoms with Crippen molar-refractivity contribution in [2.24, 2.45) is 4.99 Å². The number of fused-ring (bicyclic) bond motifs is 1. The summed E-state index contributed by atoms with van der Waals surface area (Å²) in [6, 6.07) is 15.4. The van der Waals surface area contributed by atoms with E-state index in [1.165, 1.54) is 24.5 Å². The molecule has 1 aromatic heterocycles. The van der Waals surface area contributed by atoms with Gasteiger partial charge < -0.3 is 14.2 Å². The third-order valence-corrected chi connectivity index (χ3v) is 7.45. The van der Waals surface area contributed by atoms with Gasteiger partial charge in [0.15, 0.2) is 4.80 Å². The number of hydrogen-bond donors (Lipinski definition) is 0. The first-order valence-corrected chi connectivity index (χ1v) is 12.5. The zero-order chi connectivity index (χ0) is 25.2. The van der Waals surface area contributed by atoms with Gasteiger partial charge in [-0.05, 0) is 71.9 Å². The van der Waals surface area contributed by atoms with Gasteiger partial charge in [0.1, 0.15) is 16.0 Å². The fraction of sp³-hybridized carbons (Fsp3) is 0.250. The highest BCUT2D eigenvalue weighted by atomic mass is 32.1. The second kappa shape index (κ2) is 9.99. The third kappa shape index (κ3) is 4.40. The predicted molar refractivity (Wildman–Crippen MR) is 139 cm³/mol. The van der Waals surface area contributed by atoms with Gasteiger partial charge in [0.25, 0.3) is 5.56 Å². The largest absolute Gasteiger partial charge is 0.497 e. The van der Waals surface area contributed by atoms with Gasteiger partial charge in [0.05, 0.1) is 33.1 Å². The van der Waals surface area contributed by atoms with E-state index in [2.05, 4.69) is 6.08 Å². The van der Waals surface area contributed by atoms with Gasteiger partial charge >= 0.3 is 5.97 Å². The number of carbonyl (C=O) groups excluding carboxylic acids is 1. The van der Waals surface area contributed by atoms with Gasteiger partial charge in [-0.3, -0.25) is 9.36 Å². The molecule has 0 bridgehead atoms. The summed E-state index contributed by atoms with van der Waals surface area (Å²) in [6.45, 7) is 0. The van der Waals surface area contributed by atoms with Crippen LogP contribution < -0.4 is 24.4 Å². The highest BCUT2D eigenvalue weighted by molar-refractivity contribution is 7.07. The first-order valence-electron chi connectivity index (χ1n) is 11.6. The Morgan fingerprint density at radius 2 is 1.67 bits per heavy atom. The van der Waals surface area contributed by atoms with Crippen molar-refractivity contribution in [2.45, 2.75) is 25.3 Å². The van der Waals surface area contributed by atoms with E-state index >= 15 is 0 Å². The molecule has 0 unspecified atom stereocenters. The fourth-order valence-electron chi connectivity index (χ4n) is 4.71. The molecule has 8 heteroatoms. The van der Waals surface area contributed by atoms with E-state index < -0.39 is 5.97 Å². The SMILES string of the molecule is COC(=O)/C=c1\sc2n(c1=O)[C@H](c1ccc(OC)cc1)C1=C(N=2)/C(=C/c2ccc(OC)cc2)CCC1. The number of rotatable bonds is 5. The Morgan fingerprint density at radius 1 is 1.00 bits per heavy atom. The molecular weight excluding hydrogens is 476 g/mol. The van der Waals surface area contributed by atoms with Crippen LogP contribution in [-0.2, 0) is 9.53 Å². The molecule has 0 radical (unpaired) electrons. The summed E-state index contributed by atoms with van der Waals surface area (Å²) >= 11 is 1.21. The molecule has 2 heterocycles. The lowest BCUT2D eigenvalue weighted by atomic mass is 9.84. The molecule has 0 N–H and O–H groups in total. The Morgan fingerprint density at radius 3 is 2.31 bits per heavy atom. The van der Waals surface area contributed by atoms with Gasteiger partial charge in [-0.2, -0.15) is 0 Å². The van der Waals surface area contributed by atoms with Gasteiger partial charge in [-0.25, -0.2) is 9.79 Å². The molecule has 1 aliphatic carbocycles. The van der Waals surface area contributed by atoms with Crippen LogP contribution in [0.3, 0.4) is 0 Å². The second-order valence-corrected chi connectivity index (χ2v) is 9.56. The van der Waals surface area contributed by atoms with Gasteiger partial charge in [-0.1, -0.05) is 35.6 Å². The normalized spacial score (nSPS) is 18.4. The molecule has 0 fully saturated rings. The average Bonchev–Trinajstić information content (AvgIpc) is 3.22. The first kappa shape index (κ1) is 23.8. The predicted octanol–water partition coefficient (Wildman–Crippen LogP) is 3.62. The maximum Gasteiger partial charge on any atom is 0.332 e. The number of nitrogens with zero attached hydrogens (tertiary/aromatic N) is 2. The minimum Gasteiger partial charge on any atom is -0.497 e. The van der Waals surface area contributed by atoms with Gasteiger partial charge in [0.2, 0.25) is 0 Å². The maximum absolute atomic E-state index is 13.5. The molecule has 2 aliphatic rings. The molecule has 0 saturated heterocycles. The van der Waals surface area contributed by atoms with Gasteiger partial charge in [-0.15, -0.1) is 0 Å². The molecule has 3 aromatic rings. The van der Waals surface area contributed by atoms with Crippen LogP contribution in [0.2, 0.25) is 0 Å². The van der Waals surface area contributed by atoms with Gasteiger partial charge in [0, 0.05) is 6.08 Å². The number of esters is 1. The van der Waals surface area contributed by atoms with E-state index in [0.29, 0.717) is 9.33 Å². The van der Waals surface area contributed by atoms with E-state index in [9.17, 15) is 9.59 Å². The summed E-state index contributed by atoms with van der Waals surface area (Å²) in [5, 5.41) is 0. The lowest BCUT2D eigenvalue weighted by Gasteiger charge is -2.31. The number of hydrogen-bond acceptors (Lipinski definition) is 7. The molecule has 0 amide bonds. The van der Waals surface area contributed by atoms with E-state index in [4.69, 9.17) is 19.2 Å². The van der Waals surface area contributed by atoms with E-state index in [0.717, 1.165) is 58.7 Å². The summed E-state index contributed by atoms with van der Waals surface area (Å²) in [5.41, 5.74) is 4.93. The summed E-state index contributed by atoms with van der Waals surface area (Å²) < 4.78 is 17.4. The highest BCUT2D eigenvalue weighted by Gasteiger charge is 2.32. The molecule has 2 aromatic carbocycles. The lowest BCUT2D eigenvalue weighted by molar-refractivity contribution is -0.133. The monoisotopic (exact) mass is 502 g/mol. The Bertz CT molecular complexity index is 1540. The van der Waals surface area contributed by atoms with E-state index in [-0.39, 0.29) is 11.6 Å². The van der Waals surface area contributed by atoms with E-state index in [1.54, 1.807) is 18.8 Å². The maximum atomic E-state index is 13.5. The average molecular weight is 503 g/mol. The number of aromatic nitrogens is 1. The number of carbonyl (C=O) groups is 1. The van der Waals surface area contributed by atoms with Crippen LogP contribution in [0, 0.1) is 0 Å². The summed E-state index contributed by atoms with van der Waals surface area (Å²) in [6.07, 6.45) is 6.07. The van der Waals surface area contributed by atoms with Crippen LogP contribution in [0.4, 0.5) is 0 Å². The van der Waals surface area contributed by atoms with Crippen molar-refractivity contribution in [3.63, 3.8) is 0 Å². The molecule has 1 aliphatic heterocycles. The Balaban J connectivity index is 1.71. The van der Waals surface area contributed by atoms with Crippen molar-refractivity contribution < 1.29 is 19.0 Å². The van der Waals surface area contributed by atoms with Crippen LogP contribution >= 0.6 is 11.3 Å². The molecule has 5 rings (SSSR count). The minimum absolute atomic E-state index is 0.247. The first-order chi connectivity index (χ1) is 17.5. The van der Waals surface area contributed by atoms with Crippen molar-refractivity contribution in [1.82, 2.24) is 4.57 Å². The third-order valence-electron chi connectivity index (χ3n) is 6.47. The smallest absolute Gasteiger partial charge is 0.332 e. The van der Waals surface area contributed by atoms with Crippen LogP contribution in [-0.4, -0.2) is 31.9 Å². The van der Waals surface area contributed by atoms with Crippen molar-refractivity contribution in [3.8, 4) is 11.5 Å². The molecule has 36 heavy (non-hydrogen) atoms. The van der Waals surface area contributed by atoms with Crippen molar-refractivity contribution in [1.29, 1.82) is 0 Å². The Hall–Kier alpha value is -3.91. The van der Waals surface area contributed by atoms with E-state index in [1.807, 2.05) is 48.5 Å². The Kier molecular flexibility index (Phi) is 6.61. The quantitative estimate of drug-likeness (QED) is 0.498. The zero-order valence-corrected chi connectivity index (χ0v) is 21.1. The van der Waals surface area contributed by atoms with Crippen LogP contribution in [0.15, 0.2) is 75.2 Å². The number of ether oxygens (including phenoxy) is 3. The van der Waals surface area contributed by atoms with Crippen molar-refractivity contribution >= 4 is 29.5 Å². The van der Waals surface area contributed by atoms with Crippen LogP contribution in [0.1, 0.15) is 36.4 Å². The second-order valence-electron chi connectivity index (χ2n) is 8.55. The van der Waals surface area contributed by atoms with Crippen molar-refractivity contribution in [2.75, 3.05) is 21.3 Å². The zero-order valence-electron chi connectivity index (χ0n) is 20.3. The number of thiazole rings is 1. The molecular formula is C28H26N2O5S. The lowest BCUT2D eigenvalue weighted by Crippen LogP contribution is -2.39. The Labute approximate surface area is 212 Å². The number of benzene rings is 2. The summed E-state index contributed by atoms with van der Waals surface area (Å²) in [5.74, 6) is 0.986. The minimum atomic E-state index is -0.565. The fourth-order valence-corrected chi connectivity index (χ4v) is 5.67. The van der Waals surface area contributed by atoms with Crippen LogP contribution in [0.25, 0.3) is 12.2 Å². The topological polar surface area (TPSA) is 79.1 Å². The van der Waals surface area contributed by atoms with Crippen LogP contribution in [0.5, 0.6) is 11.5 Å². The molecule has 184 valence electrons. The molecule has 7 nitrogen and oxygen atoms in total. The molecule has 1 atom stereocenters. The van der Waals surface area contributed by atoms with Crippen molar-refractivity contribution in [3.05, 3.63) is 96.2 Å². The highest BCUT2D eigenvalue weighted by Crippen LogP contribution is 2.41.